The van der Waals surface area contributed by atoms with E-state index in [0.717, 1.165) is 35.0 Å². The van der Waals surface area contributed by atoms with Crippen molar-refractivity contribution >= 4 is 23.4 Å². The van der Waals surface area contributed by atoms with Crippen LogP contribution in [-0.2, 0) is 4.79 Å². The number of benzene rings is 2. The predicted molar refractivity (Wildman–Crippen MR) is 96.1 cm³/mol. The second kappa shape index (κ2) is 7.52. The Morgan fingerprint density at radius 3 is 2.73 bits per heavy atom. The number of hydrogen-bond acceptors (Lipinski definition) is 5. The Bertz CT molecular complexity index is 960. The zero-order chi connectivity index (χ0) is 18.7. The number of nitrogens with zero attached hydrogens (tertiary/aromatic N) is 3. The Morgan fingerprint density at radius 2 is 2.00 bits per heavy atom. The third-order valence-corrected chi connectivity index (χ3v) is 4.53. The van der Waals surface area contributed by atoms with Gasteiger partial charge in [-0.3, -0.25) is 4.79 Å². The monoisotopic (exact) mass is 375 g/mol. The van der Waals surface area contributed by atoms with Crippen LogP contribution in [0.3, 0.4) is 0 Å². The molecule has 3 rings (SSSR count). The smallest absolute Gasteiger partial charge is 0.234 e. The van der Waals surface area contributed by atoms with E-state index in [4.69, 9.17) is 5.84 Å². The van der Waals surface area contributed by atoms with Gasteiger partial charge in [-0.1, -0.05) is 36.0 Å². The maximum absolute atomic E-state index is 13.6. The minimum absolute atomic E-state index is 0.0556. The minimum atomic E-state index is -0.841. The zero-order valence-electron chi connectivity index (χ0n) is 13.7. The van der Waals surface area contributed by atoms with Crippen LogP contribution in [0.1, 0.15) is 5.56 Å². The number of nitrogen functional groups attached to an aromatic ring is 1. The van der Waals surface area contributed by atoms with E-state index >= 15 is 0 Å². The fourth-order valence-corrected chi connectivity index (χ4v) is 2.95. The van der Waals surface area contributed by atoms with Gasteiger partial charge < -0.3 is 11.2 Å². The summed E-state index contributed by atoms with van der Waals surface area (Å²) in [6.45, 7) is 1.93. The molecule has 1 amide bonds. The number of nitrogens with one attached hydrogen (secondary N) is 1. The van der Waals surface area contributed by atoms with Gasteiger partial charge in [0.25, 0.3) is 0 Å². The number of aromatic nitrogens is 3. The van der Waals surface area contributed by atoms with E-state index in [1.165, 1.54) is 4.68 Å². The fourth-order valence-electron chi connectivity index (χ4n) is 2.29. The summed E-state index contributed by atoms with van der Waals surface area (Å²) in [6, 6.07) is 10.5. The van der Waals surface area contributed by atoms with Crippen LogP contribution in [0.15, 0.2) is 47.6 Å². The van der Waals surface area contributed by atoms with Crippen molar-refractivity contribution in [1.82, 2.24) is 14.9 Å². The first-order valence-corrected chi connectivity index (χ1v) is 8.58. The Balaban J connectivity index is 1.67. The zero-order valence-corrected chi connectivity index (χ0v) is 14.6. The van der Waals surface area contributed by atoms with Gasteiger partial charge in [-0.15, -0.1) is 10.2 Å². The molecule has 0 saturated heterocycles. The first kappa shape index (κ1) is 17.9. The summed E-state index contributed by atoms with van der Waals surface area (Å²) < 4.78 is 27.7. The number of halogens is 2. The van der Waals surface area contributed by atoms with Crippen LogP contribution in [0.4, 0.5) is 14.5 Å². The molecule has 3 aromatic rings. The van der Waals surface area contributed by atoms with E-state index in [2.05, 4.69) is 15.5 Å². The third-order valence-electron chi connectivity index (χ3n) is 3.59. The molecule has 3 N–H and O–H groups in total. The molecule has 0 fully saturated rings. The van der Waals surface area contributed by atoms with E-state index < -0.39 is 17.5 Å². The normalized spacial score (nSPS) is 10.7. The first-order valence-electron chi connectivity index (χ1n) is 7.60. The van der Waals surface area contributed by atoms with Crippen molar-refractivity contribution in [2.45, 2.75) is 12.1 Å². The van der Waals surface area contributed by atoms with Gasteiger partial charge in [0, 0.05) is 11.6 Å². The van der Waals surface area contributed by atoms with Crippen LogP contribution in [0.25, 0.3) is 11.4 Å². The van der Waals surface area contributed by atoms with Gasteiger partial charge in [0.15, 0.2) is 5.82 Å². The number of carbonyl (C=O) groups excluding carboxylic acids is 1. The summed E-state index contributed by atoms with van der Waals surface area (Å²) in [6.07, 6.45) is 0. The molecule has 0 aliphatic carbocycles. The van der Waals surface area contributed by atoms with Crippen molar-refractivity contribution in [3.63, 3.8) is 0 Å². The molecule has 0 aliphatic rings. The highest BCUT2D eigenvalue weighted by molar-refractivity contribution is 7.99. The van der Waals surface area contributed by atoms with E-state index in [0.29, 0.717) is 17.0 Å². The lowest BCUT2D eigenvalue weighted by Crippen LogP contribution is -2.17. The van der Waals surface area contributed by atoms with Gasteiger partial charge in [0.05, 0.1) is 11.4 Å². The molecule has 9 heteroatoms. The lowest BCUT2D eigenvalue weighted by molar-refractivity contribution is -0.113. The van der Waals surface area contributed by atoms with Crippen molar-refractivity contribution in [2.75, 3.05) is 16.9 Å². The Hall–Kier alpha value is -2.94. The summed E-state index contributed by atoms with van der Waals surface area (Å²) in [5.41, 5.74) is 1.74. The second-order valence-corrected chi connectivity index (χ2v) is 6.39. The van der Waals surface area contributed by atoms with Gasteiger partial charge in [-0.05, 0) is 24.6 Å². The van der Waals surface area contributed by atoms with Crippen LogP contribution in [-0.4, -0.2) is 26.5 Å². The lowest BCUT2D eigenvalue weighted by atomic mass is 10.1. The predicted octanol–water partition coefficient (Wildman–Crippen LogP) is 2.98. The summed E-state index contributed by atoms with van der Waals surface area (Å²) in [7, 11) is 0. The summed E-state index contributed by atoms with van der Waals surface area (Å²) in [5.74, 6) is 4.42. The third kappa shape index (κ3) is 3.83. The standard InChI is InChI=1S/C17H15F2N5OS/c1-10-4-2-3-5-12(10)16-22-23-17(24(16)20)26-9-15(25)21-14-7-6-11(18)8-13(14)19/h2-8H,9,20H2,1H3,(H,21,25). The second-order valence-electron chi connectivity index (χ2n) is 5.45. The molecule has 0 radical (unpaired) electrons. The molecule has 0 aliphatic heterocycles. The molecule has 0 saturated carbocycles. The van der Waals surface area contributed by atoms with E-state index in [9.17, 15) is 13.6 Å². The average Bonchev–Trinajstić information content (AvgIpc) is 2.97. The maximum Gasteiger partial charge on any atom is 0.234 e. The van der Waals surface area contributed by atoms with Gasteiger partial charge in [-0.2, -0.15) is 0 Å². The fraction of sp³-hybridized carbons (Fsp3) is 0.118. The highest BCUT2D eigenvalue weighted by Crippen LogP contribution is 2.24. The Kier molecular flexibility index (Phi) is 5.17. The summed E-state index contributed by atoms with van der Waals surface area (Å²) >= 11 is 1.06. The minimum Gasteiger partial charge on any atom is -0.335 e. The number of hydrogen-bond donors (Lipinski definition) is 2. The van der Waals surface area contributed by atoms with Gasteiger partial charge in [0.2, 0.25) is 11.1 Å². The number of rotatable bonds is 5. The van der Waals surface area contributed by atoms with Crippen molar-refractivity contribution < 1.29 is 13.6 Å². The largest absolute Gasteiger partial charge is 0.335 e. The van der Waals surface area contributed by atoms with Crippen LogP contribution < -0.4 is 11.2 Å². The van der Waals surface area contributed by atoms with Crippen molar-refractivity contribution in [1.29, 1.82) is 0 Å². The molecule has 0 bridgehead atoms. The average molecular weight is 375 g/mol. The highest BCUT2D eigenvalue weighted by Gasteiger charge is 2.15. The highest BCUT2D eigenvalue weighted by atomic mass is 32.2. The van der Waals surface area contributed by atoms with E-state index in [-0.39, 0.29) is 11.4 Å². The quantitative estimate of drug-likeness (QED) is 0.529. The Morgan fingerprint density at radius 1 is 1.23 bits per heavy atom. The number of amides is 1. The maximum atomic E-state index is 13.6. The van der Waals surface area contributed by atoms with Crippen molar-refractivity contribution in [2.24, 2.45) is 0 Å². The molecule has 2 aromatic carbocycles. The molecule has 0 spiro atoms. The van der Waals surface area contributed by atoms with Crippen LogP contribution in [0, 0.1) is 18.6 Å². The summed E-state index contributed by atoms with van der Waals surface area (Å²) in [5, 5.41) is 10.8. The topological polar surface area (TPSA) is 85.8 Å². The molecule has 26 heavy (non-hydrogen) atoms. The van der Waals surface area contributed by atoms with Crippen molar-refractivity contribution in [3.05, 3.63) is 59.7 Å². The molecule has 134 valence electrons. The van der Waals surface area contributed by atoms with Crippen molar-refractivity contribution in [3.8, 4) is 11.4 Å². The molecule has 6 nitrogen and oxygen atoms in total. The number of aryl methyl sites for hydroxylation is 1. The number of anilines is 1. The molecular formula is C17H15F2N5OS. The van der Waals surface area contributed by atoms with Crippen LogP contribution in [0.2, 0.25) is 0 Å². The lowest BCUT2D eigenvalue weighted by Gasteiger charge is -2.07. The van der Waals surface area contributed by atoms with Gasteiger partial charge in [-0.25, -0.2) is 13.5 Å². The molecule has 0 unspecified atom stereocenters. The van der Waals surface area contributed by atoms with Crippen LogP contribution in [0.5, 0.6) is 0 Å². The van der Waals surface area contributed by atoms with Crippen LogP contribution >= 0.6 is 11.8 Å². The summed E-state index contributed by atoms with van der Waals surface area (Å²) in [4.78, 5) is 12.0. The van der Waals surface area contributed by atoms with E-state index in [1.54, 1.807) is 0 Å². The Labute approximate surface area is 152 Å². The SMILES string of the molecule is Cc1ccccc1-c1nnc(SCC(=O)Nc2ccc(F)cc2F)n1N. The van der Waals surface area contributed by atoms with Gasteiger partial charge >= 0.3 is 0 Å². The number of carbonyl (C=O) groups is 1. The van der Waals surface area contributed by atoms with Gasteiger partial charge in [0.1, 0.15) is 11.6 Å². The number of nitrogens with two attached hydrogens (primary N) is 1. The molecular weight excluding hydrogens is 360 g/mol. The molecule has 1 heterocycles. The first-order chi connectivity index (χ1) is 12.5. The number of thioether (sulfide) groups is 1. The van der Waals surface area contributed by atoms with E-state index in [1.807, 2.05) is 31.2 Å². The molecule has 0 atom stereocenters. The molecule has 1 aromatic heterocycles.